The molecule has 2 aromatic rings. The average Bonchev–Trinajstić information content (AvgIpc) is 3.19. The molecular formula is C17H24N4O2S. The van der Waals surface area contributed by atoms with Crippen LogP contribution < -0.4 is 0 Å². The van der Waals surface area contributed by atoms with Gasteiger partial charge in [0.15, 0.2) is 0 Å². The van der Waals surface area contributed by atoms with Gasteiger partial charge in [-0.05, 0) is 23.9 Å². The van der Waals surface area contributed by atoms with Gasteiger partial charge in [-0.2, -0.15) is 5.10 Å². The van der Waals surface area contributed by atoms with E-state index in [-0.39, 0.29) is 12.0 Å². The fraction of sp³-hybridized carbons (Fsp3) is 0.529. The van der Waals surface area contributed by atoms with Gasteiger partial charge in [0.25, 0.3) is 0 Å². The summed E-state index contributed by atoms with van der Waals surface area (Å²) in [5.74, 6) is 0.152. The first-order valence-corrected chi connectivity index (χ1v) is 9.07. The van der Waals surface area contributed by atoms with Crippen molar-refractivity contribution < 1.29 is 9.53 Å². The first-order chi connectivity index (χ1) is 11.6. The van der Waals surface area contributed by atoms with Gasteiger partial charge in [-0.25, -0.2) is 0 Å². The summed E-state index contributed by atoms with van der Waals surface area (Å²) in [5, 5.41) is 6.35. The third-order valence-electron chi connectivity index (χ3n) is 4.13. The van der Waals surface area contributed by atoms with E-state index in [1.54, 1.807) is 16.2 Å². The predicted octanol–water partition coefficient (Wildman–Crippen LogP) is 1.61. The summed E-state index contributed by atoms with van der Waals surface area (Å²) in [4.78, 5) is 17.6. The van der Waals surface area contributed by atoms with Crippen molar-refractivity contribution in [3.8, 4) is 0 Å². The van der Waals surface area contributed by atoms with Crippen molar-refractivity contribution >= 4 is 17.2 Å². The van der Waals surface area contributed by atoms with E-state index in [4.69, 9.17) is 4.74 Å². The van der Waals surface area contributed by atoms with Gasteiger partial charge < -0.3 is 9.64 Å². The number of aromatic nitrogens is 2. The zero-order chi connectivity index (χ0) is 16.9. The maximum atomic E-state index is 12.4. The number of carbonyl (C=O) groups is 1. The maximum absolute atomic E-state index is 12.4. The van der Waals surface area contributed by atoms with Crippen molar-refractivity contribution in [2.24, 2.45) is 0 Å². The number of hydrogen-bond donors (Lipinski definition) is 0. The van der Waals surface area contributed by atoms with Crippen molar-refractivity contribution in [3.63, 3.8) is 0 Å². The van der Waals surface area contributed by atoms with Crippen LogP contribution in [0.3, 0.4) is 0 Å². The van der Waals surface area contributed by atoms with Crippen LogP contribution in [0.25, 0.3) is 0 Å². The second-order valence-corrected chi connectivity index (χ2v) is 7.33. The first-order valence-electron chi connectivity index (χ1n) is 8.19. The smallest absolute Gasteiger partial charge is 0.236 e. The molecule has 1 saturated heterocycles. The Balaban J connectivity index is 1.48. The zero-order valence-corrected chi connectivity index (χ0v) is 15.0. The Morgan fingerprint density at radius 3 is 3.12 bits per heavy atom. The van der Waals surface area contributed by atoms with Crippen molar-refractivity contribution in [3.05, 3.63) is 40.3 Å². The van der Waals surface area contributed by atoms with Crippen molar-refractivity contribution in [2.45, 2.75) is 26.1 Å². The summed E-state index contributed by atoms with van der Waals surface area (Å²) < 4.78 is 7.73. The van der Waals surface area contributed by atoms with Crippen LogP contribution >= 0.6 is 11.3 Å². The molecule has 1 aliphatic heterocycles. The lowest BCUT2D eigenvalue weighted by atomic mass is 10.2. The molecule has 130 valence electrons. The summed E-state index contributed by atoms with van der Waals surface area (Å²) in [6.45, 7) is 6.09. The molecule has 1 atom stereocenters. The molecule has 0 aromatic carbocycles. The standard InChI is InChI=1S/C17H24N4O2S/c1-14-8-18-21(9-14)11-15-10-20(5-6-23-15)13-17(22)19(2)12-16-4-3-7-24-16/h3-4,7-9,15H,5-6,10-13H2,1-2H3/t15-/m1/s1. The van der Waals surface area contributed by atoms with Gasteiger partial charge >= 0.3 is 0 Å². The van der Waals surface area contributed by atoms with Gasteiger partial charge in [-0.15, -0.1) is 11.3 Å². The zero-order valence-electron chi connectivity index (χ0n) is 14.2. The van der Waals surface area contributed by atoms with Crippen molar-refractivity contribution in [2.75, 3.05) is 33.3 Å². The number of aryl methyl sites for hydroxylation is 1. The summed E-state index contributed by atoms with van der Waals surface area (Å²) >= 11 is 1.68. The Labute approximate surface area is 146 Å². The summed E-state index contributed by atoms with van der Waals surface area (Å²) in [6.07, 6.45) is 3.94. The number of carbonyl (C=O) groups excluding carboxylic acids is 1. The fourth-order valence-electron chi connectivity index (χ4n) is 2.85. The van der Waals surface area contributed by atoms with Crippen LogP contribution in [0.4, 0.5) is 0 Å². The first kappa shape index (κ1) is 17.1. The Morgan fingerprint density at radius 1 is 1.54 bits per heavy atom. The number of likely N-dealkylation sites (N-methyl/N-ethyl adjacent to an activating group) is 1. The third kappa shape index (κ3) is 4.66. The van der Waals surface area contributed by atoms with E-state index in [1.165, 1.54) is 4.88 Å². The number of thiophene rings is 1. The Hall–Kier alpha value is -1.70. The number of amides is 1. The van der Waals surface area contributed by atoms with Gasteiger partial charge in [0.1, 0.15) is 0 Å². The molecule has 6 nitrogen and oxygen atoms in total. The van der Waals surface area contributed by atoms with Gasteiger partial charge in [0.05, 0.1) is 38.5 Å². The molecule has 0 unspecified atom stereocenters. The lowest BCUT2D eigenvalue weighted by Crippen LogP contribution is -2.48. The molecule has 0 aliphatic carbocycles. The van der Waals surface area contributed by atoms with Gasteiger partial charge in [0, 0.05) is 31.2 Å². The van der Waals surface area contributed by atoms with E-state index >= 15 is 0 Å². The number of hydrogen-bond acceptors (Lipinski definition) is 5. The average molecular weight is 348 g/mol. The van der Waals surface area contributed by atoms with E-state index < -0.39 is 0 Å². The van der Waals surface area contributed by atoms with Crippen LogP contribution in [0.2, 0.25) is 0 Å². The van der Waals surface area contributed by atoms with E-state index in [0.29, 0.717) is 19.7 Å². The molecule has 2 aromatic heterocycles. The maximum Gasteiger partial charge on any atom is 0.236 e. The molecule has 24 heavy (non-hydrogen) atoms. The fourth-order valence-corrected chi connectivity index (χ4v) is 3.60. The molecule has 0 radical (unpaired) electrons. The molecule has 1 amide bonds. The molecule has 0 saturated carbocycles. The highest BCUT2D eigenvalue weighted by atomic mass is 32.1. The highest BCUT2D eigenvalue weighted by Gasteiger charge is 2.24. The molecule has 1 fully saturated rings. The van der Waals surface area contributed by atoms with Crippen LogP contribution in [0.5, 0.6) is 0 Å². The van der Waals surface area contributed by atoms with Gasteiger partial charge in [-0.3, -0.25) is 14.4 Å². The Kier molecular flexibility index (Phi) is 5.65. The Bertz CT molecular complexity index is 655. The monoisotopic (exact) mass is 348 g/mol. The highest BCUT2D eigenvalue weighted by Crippen LogP contribution is 2.12. The van der Waals surface area contributed by atoms with Crippen LogP contribution in [0.1, 0.15) is 10.4 Å². The molecular weight excluding hydrogens is 324 g/mol. The second-order valence-electron chi connectivity index (χ2n) is 6.30. The molecule has 0 spiro atoms. The van der Waals surface area contributed by atoms with E-state index in [1.807, 2.05) is 42.5 Å². The van der Waals surface area contributed by atoms with E-state index in [0.717, 1.165) is 25.2 Å². The topological polar surface area (TPSA) is 50.6 Å². The lowest BCUT2D eigenvalue weighted by molar-refractivity contribution is -0.133. The lowest BCUT2D eigenvalue weighted by Gasteiger charge is -2.33. The van der Waals surface area contributed by atoms with Gasteiger partial charge in [-0.1, -0.05) is 6.07 Å². The summed E-state index contributed by atoms with van der Waals surface area (Å²) in [5.41, 5.74) is 1.15. The normalized spacial score (nSPS) is 18.7. The number of morpholine rings is 1. The van der Waals surface area contributed by atoms with Crippen LogP contribution in [-0.4, -0.2) is 64.9 Å². The molecule has 0 bridgehead atoms. The quantitative estimate of drug-likeness (QED) is 0.796. The molecule has 1 aliphatic rings. The molecule has 7 heteroatoms. The SMILES string of the molecule is Cc1cnn(C[C@H]2CN(CC(=O)N(C)Cc3cccs3)CCO2)c1. The van der Waals surface area contributed by atoms with Crippen LogP contribution in [0, 0.1) is 6.92 Å². The molecule has 3 heterocycles. The second kappa shape index (κ2) is 7.92. The van der Waals surface area contributed by atoms with Crippen LogP contribution in [0.15, 0.2) is 29.9 Å². The number of rotatable bonds is 6. The van der Waals surface area contributed by atoms with Crippen molar-refractivity contribution in [1.29, 1.82) is 0 Å². The Morgan fingerprint density at radius 2 is 2.42 bits per heavy atom. The van der Waals surface area contributed by atoms with E-state index in [2.05, 4.69) is 16.1 Å². The number of ether oxygens (including phenoxy) is 1. The minimum Gasteiger partial charge on any atom is -0.374 e. The number of nitrogens with zero attached hydrogens (tertiary/aromatic N) is 4. The third-order valence-corrected chi connectivity index (χ3v) is 4.99. The van der Waals surface area contributed by atoms with E-state index in [9.17, 15) is 4.79 Å². The minimum absolute atomic E-state index is 0.0773. The van der Waals surface area contributed by atoms with Gasteiger partial charge in [0.2, 0.25) is 5.91 Å². The highest BCUT2D eigenvalue weighted by molar-refractivity contribution is 7.09. The predicted molar refractivity (Wildman–Crippen MR) is 93.9 cm³/mol. The van der Waals surface area contributed by atoms with Crippen molar-refractivity contribution in [1.82, 2.24) is 19.6 Å². The molecule has 3 rings (SSSR count). The van der Waals surface area contributed by atoms with Crippen LogP contribution in [-0.2, 0) is 22.6 Å². The minimum atomic E-state index is 0.0773. The largest absolute Gasteiger partial charge is 0.374 e. The summed E-state index contributed by atoms with van der Waals surface area (Å²) in [6, 6.07) is 4.08. The summed E-state index contributed by atoms with van der Waals surface area (Å²) in [7, 11) is 1.87. The molecule has 0 N–H and O–H groups in total.